The van der Waals surface area contributed by atoms with Crippen molar-refractivity contribution in [1.82, 2.24) is 19.0 Å². The van der Waals surface area contributed by atoms with Gasteiger partial charge in [-0.1, -0.05) is 25.6 Å². The second kappa shape index (κ2) is 7.33. The van der Waals surface area contributed by atoms with E-state index < -0.39 is 10.2 Å². The van der Waals surface area contributed by atoms with Crippen LogP contribution in [0.5, 0.6) is 0 Å². The second-order valence-electron chi connectivity index (χ2n) is 6.23. The third kappa shape index (κ3) is 4.34. The molecule has 1 N–H and O–H groups in total. The smallest absolute Gasteiger partial charge is 0.279 e. The zero-order valence-corrected chi connectivity index (χ0v) is 15.9. The Kier molecular flexibility index (Phi) is 5.88. The standard InChI is InChI=1S/C14H25N5O2S2/c1-10(2)11-8-19(13-6-7-15-14(16-13)22-5)9-12(11)17-23(20,21)18(3)4/h6-7,10-12,17H,8-9H2,1-5H3/t11-,12+/m0/s1. The van der Waals surface area contributed by atoms with Gasteiger partial charge in [0.05, 0.1) is 0 Å². The van der Waals surface area contributed by atoms with Gasteiger partial charge in [-0.3, -0.25) is 0 Å². The summed E-state index contributed by atoms with van der Waals surface area (Å²) in [5, 5.41) is 0.723. The highest BCUT2D eigenvalue weighted by Crippen LogP contribution is 2.28. The molecule has 7 nitrogen and oxygen atoms in total. The maximum atomic E-state index is 12.2. The summed E-state index contributed by atoms with van der Waals surface area (Å²) in [6.07, 6.45) is 3.68. The maximum Gasteiger partial charge on any atom is 0.279 e. The first-order valence-corrected chi connectivity index (χ1v) is 10.2. The average molecular weight is 360 g/mol. The molecule has 1 saturated heterocycles. The monoisotopic (exact) mass is 359 g/mol. The first-order chi connectivity index (χ1) is 10.7. The minimum absolute atomic E-state index is 0.130. The predicted octanol–water partition coefficient (Wildman–Crippen LogP) is 1.06. The Morgan fingerprint density at radius 3 is 2.65 bits per heavy atom. The summed E-state index contributed by atoms with van der Waals surface area (Å²) in [5.41, 5.74) is 0. The molecule has 23 heavy (non-hydrogen) atoms. The van der Waals surface area contributed by atoms with Crippen LogP contribution < -0.4 is 9.62 Å². The Bertz CT molecular complexity index is 636. The summed E-state index contributed by atoms with van der Waals surface area (Å²) in [7, 11) is -0.374. The first kappa shape index (κ1) is 18.4. The molecule has 0 aromatic carbocycles. The van der Waals surface area contributed by atoms with E-state index in [4.69, 9.17) is 0 Å². The summed E-state index contributed by atoms with van der Waals surface area (Å²) in [4.78, 5) is 10.8. The molecule has 0 aliphatic carbocycles. The Morgan fingerprint density at radius 2 is 2.09 bits per heavy atom. The van der Waals surface area contributed by atoms with Crippen LogP contribution in [0.1, 0.15) is 13.8 Å². The number of thioether (sulfide) groups is 1. The van der Waals surface area contributed by atoms with Crippen LogP contribution in [0, 0.1) is 11.8 Å². The molecular formula is C14H25N5O2S2. The Hall–Kier alpha value is -0.900. The predicted molar refractivity (Wildman–Crippen MR) is 93.9 cm³/mol. The van der Waals surface area contributed by atoms with E-state index in [1.807, 2.05) is 12.3 Å². The number of nitrogens with one attached hydrogen (secondary N) is 1. The summed E-state index contributed by atoms with van der Waals surface area (Å²) in [5.74, 6) is 1.45. The zero-order chi connectivity index (χ0) is 17.2. The van der Waals surface area contributed by atoms with Crippen molar-refractivity contribution in [3.63, 3.8) is 0 Å². The molecule has 2 rings (SSSR count). The van der Waals surface area contributed by atoms with Crippen molar-refractivity contribution in [3.05, 3.63) is 12.3 Å². The van der Waals surface area contributed by atoms with Gasteiger partial charge in [0.15, 0.2) is 5.16 Å². The van der Waals surface area contributed by atoms with Crippen LogP contribution in [-0.4, -0.2) is 62.2 Å². The summed E-state index contributed by atoms with van der Waals surface area (Å²) >= 11 is 1.50. The van der Waals surface area contributed by atoms with E-state index in [9.17, 15) is 8.42 Å². The van der Waals surface area contributed by atoms with Crippen LogP contribution in [-0.2, 0) is 10.2 Å². The van der Waals surface area contributed by atoms with Gasteiger partial charge in [0, 0.05) is 39.4 Å². The molecule has 2 atom stereocenters. The van der Waals surface area contributed by atoms with Crippen molar-refractivity contribution in [2.24, 2.45) is 11.8 Å². The van der Waals surface area contributed by atoms with Gasteiger partial charge in [0.2, 0.25) is 0 Å². The molecule has 1 aromatic heterocycles. The normalized spacial score (nSPS) is 22.3. The molecule has 0 spiro atoms. The molecule has 1 aliphatic heterocycles. The lowest BCUT2D eigenvalue weighted by Gasteiger charge is -2.24. The number of hydrogen-bond acceptors (Lipinski definition) is 6. The van der Waals surface area contributed by atoms with Gasteiger partial charge >= 0.3 is 0 Å². The second-order valence-corrected chi connectivity index (χ2v) is 8.92. The Labute approximate surface area is 143 Å². The van der Waals surface area contributed by atoms with Crippen LogP contribution in [0.2, 0.25) is 0 Å². The van der Waals surface area contributed by atoms with Gasteiger partial charge in [0.25, 0.3) is 10.2 Å². The first-order valence-electron chi connectivity index (χ1n) is 7.56. The molecule has 0 amide bonds. The number of hydrogen-bond donors (Lipinski definition) is 1. The molecule has 0 bridgehead atoms. The third-order valence-electron chi connectivity index (χ3n) is 4.13. The highest BCUT2D eigenvalue weighted by atomic mass is 32.2. The maximum absolute atomic E-state index is 12.2. The van der Waals surface area contributed by atoms with Crippen LogP contribution >= 0.6 is 11.8 Å². The van der Waals surface area contributed by atoms with Crippen molar-refractivity contribution >= 4 is 27.8 Å². The van der Waals surface area contributed by atoms with E-state index in [1.54, 1.807) is 6.20 Å². The molecule has 1 fully saturated rings. The molecule has 1 aliphatic rings. The molecule has 0 saturated carbocycles. The van der Waals surface area contributed by atoms with Crippen molar-refractivity contribution in [3.8, 4) is 0 Å². The molecule has 1 aromatic rings. The number of aromatic nitrogens is 2. The van der Waals surface area contributed by atoms with Crippen LogP contribution in [0.15, 0.2) is 17.4 Å². The summed E-state index contributed by atoms with van der Waals surface area (Å²) in [6.45, 7) is 5.64. The molecule has 2 heterocycles. The summed E-state index contributed by atoms with van der Waals surface area (Å²) < 4.78 is 28.4. The largest absolute Gasteiger partial charge is 0.355 e. The molecular weight excluding hydrogens is 334 g/mol. The Balaban J connectivity index is 2.20. The lowest BCUT2D eigenvalue weighted by atomic mass is 9.92. The number of anilines is 1. The van der Waals surface area contributed by atoms with E-state index in [2.05, 4.69) is 33.4 Å². The topological polar surface area (TPSA) is 78.4 Å². The minimum atomic E-state index is -3.45. The molecule has 0 radical (unpaired) electrons. The van der Waals surface area contributed by atoms with Crippen LogP contribution in [0.3, 0.4) is 0 Å². The third-order valence-corrected chi connectivity index (χ3v) is 6.25. The fourth-order valence-electron chi connectivity index (χ4n) is 2.72. The van der Waals surface area contributed by atoms with Crippen molar-refractivity contribution in [2.75, 3.05) is 38.3 Å². The highest BCUT2D eigenvalue weighted by Gasteiger charge is 2.38. The number of nitrogens with zero attached hydrogens (tertiary/aromatic N) is 4. The van der Waals surface area contributed by atoms with E-state index in [-0.39, 0.29) is 12.0 Å². The average Bonchev–Trinajstić information content (AvgIpc) is 2.90. The molecule has 9 heteroatoms. The van der Waals surface area contributed by atoms with E-state index in [0.717, 1.165) is 17.5 Å². The van der Waals surface area contributed by atoms with Gasteiger partial charge < -0.3 is 4.90 Å². The molecule has 130 valence electrons. The van der Waals surface area contributed by atoms with Gasteiger partial charge in [-0.15, -0.1) is 0 Å². The minimum Gasteiger partial charge on any atom is -0.355 e. The van der Waals surface area contributed by atoms with Crippen LogP contribution in [0.25, 0.3) is 0 Å². The highest BCUT2D eigenvalue weighted by molar-refractivity contribution is 7.98. The van der Waals surface area contributed by atoms with Gasteiger partial charge in [-0.05, 0) is 24.2 Å². The van der Waals surface area contributed by atoms with Crippen molar-refractivity contribution in [1.29, 1.82) is 0 Å². The van der Waals surface area contributed by atoms with Gasteiger partial charge in [0.1, 0.15) is 5.82 Å². The fraction of sp³-hybridized carbons (Fsp3) is 0.714. The molecule has 0 unspecified atom stereocenters. The van der Waals surface area contributed by atoms with E-state index >= 15 is 0 Å². The van der Waals surface area contributed by atoms with Crippen molar-refractivity contribution < 1.29 is 8.42 Å². The van der Waals surface area contributed by atoms with E-state index in [1.165, 1.54) is 30.2 Å². The quantitative estimate of drug-likeness (QED) is 0.604. The van der Waals surface area contributed by atoms with Gasteiger partial charge in [-0.2, -0.15) is 17.4 Å². The lowest BCUT2D eigenvalue weighted by molar-refractivity contribution is 0.358. The zero-order valence-electron chi connectivity index (χ0n) is 14.2. The fourth-order valence-corrected chi connectivity index (χ4v) is 3.91. The van der Waals surface area contributed by atoms with Crippen molar-refractivity contribution in [2.45, 2.75) is 25.0 Å². The van der Waals surface area contributed by atoms with Crippen LogP contribution in [0.4, 0.5) is 5.82 Å². The Morgan fingerprint density at radius 1 is 1.39 bits per heavy atom. The number of rotatable bonds is 6. The van der Waals surface area contributed by atoms with E-state index in [0.29, 0.717) is 12.5 Å². The lowest BCUT2D eigenvalue weighted by Crippen LogP contribution is -2.46. The SMILES string of the molecule is CSc1nccc(N2C[C@@H](NS(=O)(=O)N(C)C)[C@H](C(C)C)C2)n1. The summed E-state index contributed by atoms with van der Waals surface area (Å²) in [6, 6.07) is 1.75. The van der Waals surface area contributed by atoms with Gasteiger partial charge in [-0.25, -0.2) is 9.97 Å².